The Hall–Kier alpha value is -1.79. The molecule has 0 saturated carbocycles. The van der Waals surface area contributed by atoms with Crippen molar-refractivity contribution < 1.29 is 9.21 Å². The van der Waals surface area contributed by atoms with Gasteiger partial charge in [0.2, 0.25) is 0 Å². The number of hydrogen-bond acceptors (Lipinski definition) is 4. The highest BCUT2D eigenvalue weighted by Gasteiger charge is 2.27. The van der Waals surface area contributed by atoms with Gasteiger partial charge in [-0.05, 0) is 25.0 Å². The quantitative estimate of drug-likeness (QED) is 0.762. The number of carbonyl (C=O) groups excluding carboxylic acids is 1. The molecule has 0 spiro atoms. The van der Waals surface area contributed by atoms with Crippen LogP contribution >= 0.6 is 12.4 Å². The molecule has 0 unspecified atom stereocenters. The van der Waals surface area contributed by atoms with Crippen LogP contribution in [0.1, 0.15) is 37.2 Å². The summed E-state index contributed by atoms with van der Waals surface area (Å²) in [6.07, 6.45) is 3.13. The molecule has 0 aliphatic carbocycles. The second-order valence-corrected chi connectivity index (χ2v) is 4.79. The van der Waals surface area contributed by atoms with Crippen LogP contribution in [0.3, 0.4) is 0 Å². The summed E-state index contributed by atoms with van der Waals surface area (Å²) in [6, 6.07) is 5.25. The molecule has 2 aromatic rings. The summed E-state index contributed by atoms with van der Waals surface area (Å²) in [5, 5.41) is 9.79. The van der Waals surface area contributed by atoms with Gasteiger partial charge in [0.05, 0.1) is 11.8 Å². The maximum atomic E-state index is 12.2. The van der Waals surface area contributed by atoms with Gasteiger partial charge >= 0.3 is 0 Å². The molecule has 21 heavy (non-hydrogen) atoms. The van der Waals surface area contributed by atoms with E-state index in [2.05, 4.69) is 15.5 Å². The summed E-state index contributed by atoms with van der Waals surface area (Å²) in [6.45, 7) is 4.42. The summed E-state index contributed by atoms with van der Waals surface area (Å²) in [4.78, 5) is 12.2. The molecule has 4 N–H and O–H groups in total. The van der Waals surface area contributed by atoms with Crippen molar-refractivity contribution in [3.8, 4) is 11.5 Å². The second kappa shape index (κ2) is 7.28. The lowest BCUT2D eigenvalue weighted by atomic mass is 9.93. The van der Waals surface area contributed by atoms with E-state index < -0.39 is 0 Å². The zero-order chi connectivity index (χ0) is 14.6. The SMILES string of the molecule is CCC(CC)(CN)NC(=O)c1cc(-c2ccco2)[nH]n1.Cl. The third kappa shape index (κ3) is 3.65. The number of carbonyl (C=O) groups is 1. The maximum Gasteiger partial charge on any atom is 0.272 e. The minimum Gasteiger partial charge on any atom is -0.463 e. The number of rotatable bonds is 6. The first-order valence-corrected chi connectivity index (χ1v) is 6.76. The lowest BCUT2D eigenvalue weighted by Crippen LogP contribution is -2.52. The predicted octanol–water partition coefficient (Wildman–Crippen LogP) is 2.34. The Morgan fingerprint density at radius 2 is 2.19 bits per heavy atom. The van der Waals surface area contributed by atoms with Gasteiger partial charge in [0.25, 0.3) is 5.91 Å². The van der Waals surface area contributed by atoms with Crippen molar-refractivity contribution in [2.75, 3.05) is 6.54 Å². The van der Waals surface area contributed by atoms with Crippen molar-refractivity contribution in [3.05, 3.63) is 30.2 Å². The minimum absolute atomic E-state index is 0. The Balaban J connectivity index is 0.00000220. The highest BCUT2D eigenvalue weighted by molar-refractivity contribution is 5.93. The number of nitrogens with two attached hydrogens (primary N) is 1. The third-order valence-electron chi connectivity index (χ3n) is 3.72. The number of aromatic amines is 1. The monoisotopic (exact) mass is 312 g/mol. The molecular weight excluding hydrogens is 292 g/mol. The minimum atomic E-state index is -0.374. The van der Waals surface area contributed by atoms with Crippen LogP contribution in [0.2, 0.25) is 0 Å². The highest BCUT2D eigenvalue weighted by Crippen LogP contribution is 2.19. The standard InChI is InChI=1S/C14H20N4O2.ClH/c1-3-14(4-2,9-15)16-13(19)11-8-10(17-18-11)12-6-5-7-20-12;/h5-8H,3-4,9,15H2,1-2H3,(H,16,19)(H,17,18);1H. The Morgan fingerprint density at radius 1 is 1.48 bits per heavy atom. The molecule has 116 valence electrons. The first kappa shape index (κ1) is 17.3. The van der Waals surface area contributed by atoms with Gasteiger partial charge in [-0.15, -0.1) is 12.4 Å². The van der Waals surface area contributed by atoms with Crippen LogP contribution in [0.15, 0.2) is 28.9 Å². The molecule has 7 heteroatoms. The van der Waals surface area contributed by atoms with E-state index in [9.17, 15) is 4.79 Å². The molecule has 0 fully saturated rings. The first-order chi connectivity index (χ1) is 9.64. The van der Waals surface area contributed by atoms with Crippen molar-refractivity contribution >= 4 is 18.3 Å². The molecule has 1 amide bonds. The van der Waals surface area contributed by atoms with Crippen LogP contribution < -0.4 is 11.1 Å². The number of amides is 1. The number of furan rings is 1. The number of nitrogens with zero attached hydrogens (tertiary/aromatic N) is 1. The zero-order valence-corrected chi connectivity index (χ0v) is 13.0. The Kier molecular flexibility index (Phi) is 5.99. The molecular formula is C14H21ClN4O2. The summed E-state index contributed by atoms with van der Waals surface area (Å²) in [5.41, 5.74) is 6.41. The fraction of sp³-hybridized carbons (Fsp3) is 0.429. The average molecular weight is 313 g/mol. The fourth-order valence-electron chi connectivity index (χ4n) is 2.07. The molecule has 0 atom stereocenters. The molecule has 0 aliphatic rings. The lowest BCUT2D eigenvalue weighted by molar-refractivity contribution is 0.0890. The largest absolute Gasteiger partial charge is 0.463 e. The highest BCUT2D eigenvalue weighted by atomic mass is 35.5. The van der Waals surface area contributed by atoms with E-state index in [1.807, 2.05) is 13.8 Å². The van der Waals surface area contributed by atoms with Gasteiger partial charge in [0.15, 0.2) is 11.5 Å². The molecule has 2 heterocycles. The van der Waals surface area contributed by atoms with Crippen LogP contribution in [0, 0.1) is 0 Å². The van der Waals surface area contributed by atoms with Gasteiger partial charge in [-0.1, -0.05) is 13.8 Å². The molecule has 2 rings (SSSR count). The molecule has 0 aromatic carbocycles. The summed E-state index contributed by atoms with van der Waals surface area (Å²) in [7, 11) is 0. The van der Waals surface area contributed by atoms with Crippen molar-refractivity contribution in [1.82, 2.24) is 15.5 Å². The van der Waals surface area contributed by atoms with Gasteiger partial charge in [0, 0.05) is 12.6 Å². The van der Waals surface area contributed by atoms with Crippen molar-refractivity contribution in [1.29, 1.82) is 0 Å². The lowest BCUT2D eigenvalue weighted by Gasteiger charge is -2.31. The Morgan fingerprint density at radius 3 is 2.71 bits per heavy atom. The van der Waals surface area contributed by atoms with Gasteiger partial charge in [0.1, 0.15) is 5.69 Å². The third-order valence-corrected chi connectivity index (χ3v) is 3.72. The topological polar surface area (TPSA) is 96.9 Å². The van der Waals surface area contributed by atoms with Gasteiger partial charge in [-0.25, -0.2) is 0 Å². The van der Waals surface area contributed by atoms with Crippen molar-refractivity contribution in [3.63, 3.8) is 0 Å². The van der Waals surface area contributed by atoms with E-state index in [0.717, 1.165) is 12.8 Å². The number of H-pyrrole nitrogens is 1. The molecule has 0 bridgehead atoms. The van der Waals surface area contributed by atoms with Gasteiger partial charge in [-0.3, -0.25) is 9.89 Å². The smallest absolute Gasteiger partial charge is 0.272 e. The number of nitrogens with one attached hydrogen (secondary N) is 2. The zero-order valence-electron chi connectivity index (χ0n) is 12.2. The van der Waals surface area contributed by atoms with Crippen molar-refractivity contribution in [2.24, 2.45) is 5.73 Å². The van der Waals surface area contributed by atoms with E-state index >= 15 is 0 Å². The number of halogens is 1. The van der Waals surface area contributed by atoms with Crippen LogP contribution in [0.5, 0.6) is 0 Å². The van der Waals surface area contributed by atoms with E-state index in [1.165, 1.54) is 0 Å². The second-order valence-electron chi connectivity index (χ2n) is 4.79. The van der Waals surface area contributed by atoms with Crippen LogP contribution in [0.4, 0.5) is 0 Å². The average Bonchev–Trinajstić information content (AvgIpc) is 3.14. The van der Waals surface area contributed by atoms with E-state index in [0.29, 0.717) is 23.7 Å². The van der Waals surface area contributed by atoms with Crippen molar-refractivity contribution in [2.45, 2.75) is 32.2 Å². The Labute approximate surface area is 129 Å². The molecule has 2 aromatic heterocycles. The molecule has 6 nitrogen and oxygen atoms in total. The first-order valence-electron chi connectivity index (χ1n) is 6.76. The van der Waals surface area contributed by atoms with Crippen LogP contribution in [-0.4, -0.2) is 28.2 Å². The summed E-state index contributed by atoms with van der Waals surface area (Å²) in [5.74, 6) is 0.417. The normalized spacial score (nSPS) is 11.0. The van der Waals surface area contributed by atoms with Gasteiger partial charge < -0.3 is 15.5 Å². The number of aromatic nitrogens is 2. The summed E-state index contributed by atoms with van der Waals surface area (Å²) >= 11 is 0. The summed E-state index contributed by atoms with van der Waals surface area (Å²) < 4.78 is 5.25. The van der Waals surface area contributed by atoms with E-state index in [-0.39, 0.29) is 23.9 Å². The predicted molar refractivity (Wildman–Crippen MR) is 83.4 cm³/mol. The van der Waals surface area contributed by atoms with E-state index in [1.54, 1.807) is 24.5 Å². The van der Waals surface area contributed by atoms with Crippen LogP contribution in [-0.2, 0) is 0 Å². The number of hydrogen-bond donors (Lipinski definition) is 3. The maximum absolute atomic E-state index is 12.2. The van der Waals surface area contributed by atoms with E-state index in [4.69, 9.17) is 10.2 Å². The molecule has 0 aliphatic heterocycles. The molecule has 0 radical (unpaired) electrons. The fourth-order valence-corrected chi connectivity index (χ4v) is 2.07. The Bertz CT molecular complexity index is 553. The van der Waals surface area contributed by atoms with Crippen LogP contribution in [0.25, 0.3) is 11.5 Å². The van der Waals surface area contributed by atoms with Gasteiger partial charge in [-0.2, -0.15) is 5.10 Å². The molecule has 0 saturated heterocycles.